The second-order valence-electron chi connectivity index (χ2n) is 8.48. The van der Waals surface area contributed by atoms with Crippen molar-refractivity contribution >= 4 is 17.3 Å². The largest absolute Gasteiger partial charge is 0.497 e. The van der Waals surface area contributed by atoms with Crippen LogP contribution in [0.4, 0.5) is 0 Å². The van der Waals surface area contributed by atoms with E-state index in [9.17, 15) is 0 Å². The minimum atomic E-state index is -0.0652. The molecule has 0 radical (unpaired) electrons. The fraction of sp³-hybridized carbons (Fsp3) is 0.222. The van der Waals surface area contributed by atoms with Crippen molar-refractivity contribution in [1.82, 2.24) is 24.8 Å². The first-order valence-corrected chi connectivity index (χ1v) is 11.7. The van der Waals surface area contributed by atoms with Gasteiger partial charge in [-0.1, -0.05) is 18.2 Å². The second kappa shape index (κ2) is 9.27. The number of methoxy groups -OCH3 is 1. The van der Waals surface area contributed by atoms with Crippen molar-refractivity contribution in [3.63, 3.8) is 0 Å². The highest BCUT2D eigenvalue weighted by molar-refractivity contribution is 7.80. The van der Waals surface area contributed by atoms with Gasteiger partial charge in [-0.15, -0.1) is 0 Å². The average molecular weight is 470 g/mol. The number of pyridine rings is 2. The standard InChI is InChI=1S/C27H27N5OS/c1-18-14-23(19(2)32(18)21-9-6-10-22(15-21)33-3)26-25(24-11-4-5-13-29-24)30-27(34)31(26)17-20-8-7-12-28-16-20/h4-16,25-26H,17H2,1-3H3,(H,30,34)/t25-,26-/m0/s1. The van der Waals surface area contributed by atoms with Crippen LogP contribution in [0.1, 0.15) is 40.3 Å². The molecule has 5 rings (SSSR count). The third-order valence-corrected chi connectivity index (χ3v) is 6.73. The molecule has 172 valence electrons. The topological polar surface area (TPSA) is 55.2 Å². The van der Waals surface area contributed by atoms with Gasteiger partial charge in [-0.2, -0.15) is 0 Å². The zero-order chi connectivity index (χ0) is 23.7. The van der Waals surface area contributed by atoms with E-state index in [-0.39, 0.29) is 12.1 Å². The summed E-state index contributed by atoms with van der Waals surface area (Å²) in [6.45, 7) is 4.97. The number of hydrogen-bond acceptors (Lipinski definition) is 4. The van der Waals surface area contributed by atoms with Gasteiger partial charge in [0.1, 0.15) is 5.75 Å². The summed E-state index contributed by atoms with van der Waals surface area (Å²) < 4.78 is 7.75. The van der Waals surface area contributed by atoms with E-state index in [1.807, 2.05) is 42.7 Å². The van der Waals surface area contributed by atoms with Crippen LogP contribution in [0.2, 0.25) is 0 Å². The van der Waals surface area contributed by atoms with Crippen molar-refractivity contribution in [3.05, 3.63) is 107 Å². The lowest BCUT2D eigenvalue weighted by Gasteiger charge is -2.28. The molecule has 1 aromatic carbocycles. The summed E-state index contributed by atoms with van der Waals surface area (Å²) in [4.78, 5) is 11.2. The minimum Gasteiger partial charge on any atom is -0.497 e. The van der Waals surface area contributed by atoms with Crippen LogP contribution in [0, 0.1) is 13.8 Å². The number of nitrogens with zero attached hydrogens (tertiary/aromatic N) is 4. The zero-order valence-electron chi connectivity index (χ0n) is 19.5. The van der Waals surface area contributed by atoms with E-state index in [1.54, 1.807) is 13.3 Å². The summed E-state index contributed by atoms with van der Waals surface area (Å²) in [6.07, 6.45) is 5.52. The van der Waals surface area contributed by atoms with Crippen LogP contribution in [0.25, 0.3) is 5.69 Å². The summed E-state index contributed by atoms with van der Waals surface area (Å²) in [6, 6.07) is 20.4. The van der Waals surface area contributed by atoms with Gasteiger partial charge >= 0.3 is 0 Å². The maximum absolute atomic E-state index is 5.85. The molecule has 1 N–H and O–H groups in total. The number of aromatic nitrogens is 3. The predicted molar refractivity (Wildman–Crippen MR) is 137 cm³/mol. The van der Waals surface area contributed by atoms with Crippen molar-refractivity contribution in [1.29, 1.82) is 0 Å². The zero-order valence-corrected chi connectivity index (χ0v) is 20.3. The first-order chi connectivity index (χ1) is 16.6. The first kappa shape index (κ1) is 22.1. The summed E-state index contributed by atoms with van der Waals surface area (Å²) in [5.41, 5.74) is 6.68. The molecule has 0 aliphatic carbocycles. The Morgan fingerprint density at radius 1 is 1.03 bits per heavy atom. The van der Waals surface area contributed by atoms with Crippen LogP contribution >= 0.6 is 12.2 Å². The van der Waals surface area contributed by atoms with Gasteiger partial charge in [0.15, 0.2) is 5.11 Å². The maximum Gasteiger partial charge on any atom is 0.170 e. The minimum absolute atomic E-state index is 0.0202. The van der Waals surface area contributed by atoms with E-state index in [2.05, 4.69) is 68.9 Å². The Kier molecular flexibility index (Phi) is 6.02. The molecule has 0 bridgehead atoms. The van der Waals surface area contributed by atoms with Gasteiger partial charge in [0.25, 0.3) is 0 Å². The molecule has 0 unspecified atom stereocenters. The lowest BCUT2D eigenvalue weighted by atomic mass is 9.96. The van der Waals surface area contributed by atoms with Crippen LogP contribution in [0.5, 0.6) is 5.75 Å². The predicted octanol–water partition coefficient (Wildman–Crippen LogP) is 5.07. The SMILES string of the molecule is COc1cccc(-n2c(C)cc([C@H]3[C@H](c4ccccn4)NC(=S)N3Cc3cccnc3)c2C)c1. The normalized spacial score (nSPS) is 17.6. The highest BCUT2D eigenvalue weighted by atomic mass is 32.1. The summed E-state index contributed by atoms with van der Waals surface area (Å²) in [7, 11) is 1.69. The van der Waals surface area contributed by atoms with E-state index in [4.69, 9.17) is 17.0 Å². The molecule has 4 heterocycles. The maximum atomic E-state index is 5.85. The molecular formula is C27H27N5OS. The lowest BCUT2D eigenvalue weighted by Crippen LogP contribution is -2.29. The molecule has 2 atom stereocenters. The van der Waals surface area contributed by atoms with Gasteiger partial charge in [-0.3, -0.25) is 9.97 Å². The van der Waals surface area contributed by atoms with E-state index >= 15 is 0 Å². The van der Waals surface area contributed by atoms with E-state index in [1.165, 1.54) is 11.3 Å². The van der Waals surface area contributed by atoms with Crippen LogP contribution in [-0.2, 0) is 6.54 Å². The van der Waals surface area contributed by atoms with Crippen molar-refractivity contribution in [2.24, 2.45) is 0 Å². The molecule has 0 amide bonds. The number of hydrogen-bond donors (Lipinski definition) is 1. The Morgan fingerprint density at radius 3 is 2.65 bits per heavy atom. The second-order valence-corrected chi connectivity index (χ2v) is 8.87. The van der Waals surface area contributed by atoms with Gasteiger partial charge in [0, 0.05) is 48.3 Å². The van der Waals surface area contributed by atoms with Crippen molar-refractivity contribution in [3.8, 4) is 11.4 Å². The summed E-state index contributed by atoms with van der Waals surface area (Å²) in [5.74, 6) is 0.833. The molecule has 4 aromatic rings. The van der Waals surface area contributed by atoms with Crippen LogP contribution in [0.3, 0.4) is 0 Å². The molecule has 1 fully saturated rings. The molecule has 0 spiro atoms. The molecule has 6 nitrogen and oxygen atoms in total. The lowest BCUT2D eigenvalue weighted by molar-refractivity contribution is 0.310. The van der Waals surface area contributed by atoms with E-state index in [0.29, 0.717) is 6.54 Å². The third-order valence-electron chi connectivity index (χ3n) is 6.37. The number of benzene rings is 1. The quantitative estimate of drug-likeness (QED) is 0.398. The molecule has 34 heavy (non-hydrogen) atoms. The molecular weight excluding hydrogens is 442 g/mol. The van der Waals surface area contributed by atoms with Gasteiger partial charge in [-0.05, 0) is 73.6 Å². The Morgan fingerprint density at radius 2 is 1.91 bits per heavy atom. The van der Waals surface area contributed by atoms with E-state index in [0.717, 1.165) is 33.5 Å². The molecule has 1 saturated heterocycles. The van der Waals surface area contributed by atoms with E-state index < -0.39 is 0 Å². The van der Waals surface area contributed by atoms with Gasteiger partial charge in [-0.25, -0.2) is 0 Å². The fourth-order valence-corrected chi connectivity index (χ4v) is 5.14. The number of rotatable bonds is 6. The summed E-state index contributed by atoms with van der Waals surface area (Å²) >= 11 is 5.85. The van der Waals surface area contributed by atoms with Gasteiger partial charge in [0.05, 0.1) is 24.9 Å². The number of aryl methyl sites for hydroxylation is 1. The monoisotopic (exact) mass is 469 g/mol. The van der Waals surface area contributed by atoms with Crippen molar-refractivity contribution in [2.75, 3.05) is 7.11 Å². The number of thiocarbonyl (C=S) groups is 1. The number of nitrogens with one attached hydrogen (secondary N) is 1. The molecule has 1 aliphatic heterocycles. The van der Waals surface area contributed by atoms with Crippen LogP contribution in [0.15, 0.2) is 79.3 Å². The molecule has 3 aromatic heterocycles. The first-order valence-electron chi connectivity index (χ1n) is 11.3. The van der Waals surface area contributed by atoms with Gasteiger partial charge in [0.2, 0.25) is 0 Å². The fourth-order valence-electron chi connectivity index (χ4n) is 4.84. The summed E-state index contributed by atoms with van der Waals surface area (Å²) in [5, 5.41) is 4.27. The Bertz CT molecular complexity index is 1310. The smallest absolute Gasteiger partial charge is 0.170 e. The van der Waals surface area contributed by atoms with Crippen molar-refractivity contribution < 1.29 is 4.74 Å². The number of ether oxygens (including phenoxy) is 1. The highest BCUT2D eigenvalue weighted by Crippen LogP contribution is 2.42. The Hall–Kier alpha value is -3.71. The Balaban J connectivity index is 1.62. The molecule has 0 saturated carbocycles. The van der Waals surface area contributed by atoms with Crippen LogP contribution in [-0.4, -0.2) is 31.7 Å². The third kappa shape index (κ3) is 4.03. The molecule has 1 aliphatic rings. The van der Waals surface area contributed by atoms with Gasteiger partial charge < -0.3 is 19.5 Å². The highest BCUT2D eigenvalue weighted by Gasteiger charge is 2.41. The molecule has 7 heteroatoms. The van der Waals surface area contributed by atoms with Crippen LogP contribution < -0.4 is 10.1 Å². The Labute approximate surface area is 205 Å². The average Bonchev–Trinajstić information content (AvgIpc) is 3.35. The van der Waals surface area contributed by atoms with Crippen molar-refractivity contribution in [2.45, 2.75) is 32.5 Å².